The quantitative estimate of drug-likeness (QED) is 0.349. The molecule has 1 N–H and O–H groups in total. The molecule has 1 aromatic carbocycles. The summed E-state index contributed by atoms with van der Waals surface area (Å²) in [7, 11) is 3.47. The zero-order valence-corrected chi connectivity index (χ0v) is 21.1. The van der Waals surface area contributed by atoms with Gasteiger partial charge in [-0.2, -0.15) is 5.26 Å². The number of ether oxygens (including phenoxy) is 2. The van der Waals surface area contributed by atoms with Crippen LogP contribution in [-0.4, -0.2) is 33.5 Å². The minimum Gasteiger partial charge on any atom is -0.497 e. The van der Waals surface area contributed by atoms with E-state index in [1.54, 1.807) is 18.4 Å². The Balaban J connectivity index is 1.36. The summed E-state index contributed by atoms with van der Waals surface area (Å²) in [4.78, 5) is 13.9. The number of hydrogen-bond acceptors (Lipinski definition) is 8. The van der Waals surface area contributed by atoms with E-state index >= 15 is 0 Å². The van der Waals surface area contributed by atoms with Crippen LogP contribution in [0.25, 0.3) is 0 Å². The second-order valence-electron chi connectivity index (χ2n) is 8.05. The summed E-state index contributed by atoms with van der Waals surface area (Å²) in [5, 5.41) is 22.4. The first-order valence-corrected chi connectivity index (χ1v) is 13.0. The van der Waals surface area contributed by atoms with Crippen molar-refractivity contribution in [2.24, 2.45) is 7.05 Å². The first-order chi connectivity index (χ1) is 16.5. The number of carbonyl (C=O) groups is 1. The summed E-state index contributed by atoms with van der Waals surface area (Å²) in [5.74, 6) is 2.13. The first kappa shape index (κ1) is 24.1. The molecule has 0 radical (unpaired) electrons. The number of aromatic nitrogens is 3. The van der Waals surface area contributed by atoms with Crippen molar-refractivity contribution in [3.63, 3.8) is 0 Å². The van der Waals surface area contributed by atoms with Gasteiger partial charge in [0, 0.05) is 11.9 Å². The van der Waals surface area contributed by atoms with Crippen LogP contribution in [0, 0.1) is 11.3 Å². The lowest BCUT2D eigenvalue weighted by atomic mass is 10.1. The molecule has 1 aliphatic carbocycles. The smallest absolute Gasteiger partial charge is 0.235 e. The van der Waals surface area contributed by atoms with Gasteiger partial charge in [-0.3, -0.25) is 4.79 Å². The zero-order chi connectivity index (χ0) is 24.1. The van der Waals surface area contributed by atoms with Crippen LogP contribution in [0.2, 0.25) is 0 Å². The number of methoxy groups -OCH3 is 1. The van der Waals surface area contributed by atoms with Crippen LogP contribution in [-0.2, 0) is 24.7 Å². The molecular formula is C24H27N5O3S2. The molecule has 8 nitrogen and oxygen atoms in total. The third-order valence-electron chi connectivity index (χ3n) is 5.72. The molecule has 1 amide bonds. The van der Waals surface area contributed by atoms with E-state index in [4.69, 9.17) is 9.47 Å². The number of aryl methyl sites for hydroxylation is 1. The van der Waals surface area contributed by atoms with Crippen molar-refractivity contribution in [3.05, 3.63) is 46.1 Å². The highest BCUT2D eigenvalue weighted by Crippen LogP contribution is 2.37. The molecule has 0 spiro atoms. The van der Waals surface area contributed by atoms with Gasteiger partial charge in [0.2, 0.25) is 5.91 Å². The summed E-state index contributed by atoms with van der Waals surface area (Å²) < 4.78 is 13.0. The minimum atomic E-state index is -0.325. The maximum atomic E-state index is 12.7. The fourth-order valence-corrected chi connectivity index (χ4v) is 5.93. The van der Waals surface area contributed by atoms with Gasteiger partial charge in [-0.25, -0.2) is 0 Å². The lowest BCUT2D eigenvalue weighted by molar-refractivity contribution is -0.113. The number of nitrogens with zero attached hydrogens (tertiary/aromatic N) is 4. The summed E-state index contributed by atoms with van der Waals surface area (Å²) in [5.41, 5.74) is 1.75. The SMILES string of the molecule is COc1ccc(OC(C)c2nnc(SCC(=O)Nc3sc4c(c3C#N)CCCCC4)n2C)cc1. The molecule has 0 saturated carbocycles. The van der Waals surface area contributed by atoms with E-state index in [2.05, 4.69) is 21.6 Å². The molecule has 4 rings (SSSR count). The van der Waals surface area contributed by atoms with Gasteiger partial charge in [-0.1, -0.05) is 18.2 Å². The van der Waals surface area contributed by atoms with Crippen molar-refractivity contribution >= 4 is 34.0 Å². The number of amides is 1. The van der Waals surface area contributed by atoms with Gasteiger partial charge in [0.1, 0.15) is 22.6 Å². The van der Waals surface area contributed by atoms with E-state index in [0.29, 0.717) is 27.3 Å². The Bertz CT molecular complexity index is 1200. The first-order valence-electron chi connectivity index (χ1n) is 11.2. The summed E-state index contributed by atoms with van der Waals surface area (Å²) in [6.07, 6.45) is 4.99. The predicted octanol–water partition coefficient (Wildman–Crippen LogP) is 4.90. The summed E-state index contributed by atoms with van der Waals surface area (Å²) in [6.45, 7) is 1.90. The second-order valence-corrected chi connectivity index (χ2v) is 10.1. The summed E-state index contributed by atoms with van der Waals surface area (Å²) in [6, 6.07) is 9.65. The van der Waals surface area contributed by atoms with Gasteiger partial charge in [-0.05, 0) is 62.4 Å². The van der Waals surface area contributed by atoms with Gasteiger partial charge in [0.05, 0.1) is 18.4 Å². The van der Waals surface area contributed by atoms with Crippen LogP contribution in [0.4, 0.5) is 5.00 Å². The Morgan fingerprint density at radius 3 is 2.71 bits per heavy atom. The fourth-order valence-electron chi connectivity index (χ4n) is 3.96. The maximum absolute atomic E-state index is 12.7. The Morgan fingerprint density at radius 2 is 1.97 bits per heavy atom. The molecule has 0 saturated heterocycles. The second kappa shape index (κ2) is 10.9. The topological polar surface area (TPSA) is 102 Å². The highest BCUT2D eigenvalue weighted by atomic mass is 32.2. The number of hydrogen-bond donors (Lipinski definition) is 1. The van der Waals surface area contributed by atoms with Crippen molar-refractivity contribution in [2.45, 2.75) is 50.3 Å². The van der Waals surface area contributed by atoms with E-state index < -0.39 is 0 Å². The third kappa shape index (κ3) is 5.37. The van der Waals surface area contributed by atoms with Gasteiger partial charge < -0.3 is 19.4 Å². The fraction of sp³-hybridized carbons (Fsp3) is 0.417. The van der Waals surface area contributed by atoms with Crippen LogP contribution in [0.5, 0.6) is 11.5 Å². The van der Waals surface area contributed by atoms with Crippen LogP contribution in [0.3, 0.4) is 0 Å². The van der Waals surface area contributed by atoms with Crippen molar-refractivity contribution in [1.29, 1.82) is 5.26 Å². The molecule has 0 bridgehead atoms. The van der Waals surface area contributed by atoms with Crippen LogP contribution in [0.1, 0.15) is 54.1 Å². The monoisotopic (exact) mass is 497 g/mol. The van der Waals surface area contributed by atoms with E-state index in [1.807, 2.05) is 42.8 Å². The molecule has 2 aromatic heterocycles. The van der Waals surface area contributed by atoms with E-state index in [-0.39, 0.29) is 17.8 Å². The standard InChI is InChI=1S/C24H27N5O3S2/c1-15(32-17-11-9-16(31-3)10-12-17)22-27-28-24(29(22)2)33-14-21(30)26-23-19(13-25)18-7-5-4-6-8-20(18)34-23/h9-12,15H,4-8,14H2,1-3H3,(H,26,30). The van der Waals surface area contributed by atoms with E-state index in [1.165, 1.54) is 23.1 Å². The van der Waals surface area contributed by atoms with Crippen molar-refractivity contribution in [3.8, 4) is 17.6 Å². The van der Waals surface area contributed by atoms with E-state index in [9.17, 15) is 10.1 Å². The zero-order valence-electron chi connectivity index (χ0n) is 19.5. The molecule has 34 heavy (non-hydrogen) atoms. The highest BCUT2D eigenvalue weighted by Gasteiger charge is 2.22. The highest BCUT2D eigenvalue weighted by molar-refractivity contribution is 7.99. The van der Waals surface area contributed by atoms with Crippen molar-refractivity contribution < 1.29 is 14.3 Å². The third-order valence-corrected chi connectivity index (χ3v) is 7.95. The molecular weight excluding hydrogens is 470 g/mol. The van der Waals surface area contributed by atoms with Gasteiger partial charge >= 0.3 is 0 Å². The van der Waals surface area contributed by atoms with Gasteiger partial charge in [0.15, 0.2) is 17.1 Å². The van der Waals surface area contributed by atoms with Crippen molar-refractivity contribution in [2.75, 3.05) is 18.2 Å². The molecule has 0 fully saturated rings. The molecule has 0 aliphatic heterocycles. The number of benzene rings is 1. The number of thioether (sulfide) groups is 1. The van der Waals surface area contributed by atoms with Gasteiger partial charge in [-0.15, -0.1) is 21.5 Å². The number of nitrogens with one attached hydrogen (secondary N) is 1. The largest absolute Gasteiger partial charge is 0.497 e. The van der Waals surface area contributed by atoms with Gasteiger partial charge in [0.25, 0.3) is 0 Å². The molecule has 3 aromatic rings. The number of carbonyl (C=O) groups excluding carboxylic acids is 1. The number of thiophene rings is 1. The predicted molar refractivity (Wildman–Crippen MR) is 133 cm³/mol. The Hall–Kier alpha value is -3.03. The molecule has 10 heteroatoms. The average molecular weight is 498 g/mol. The maximum Gasteiger partial charge on any atom is 0.235 e. The normalized spacial score (nSPS) is 13.9. The molecule has 1 atom stereocenters. The number of rotatable bonds is 8. The van der Waals surface area contributed by atoms with E-state index in [0.717, 1.165) is 37.0 Å². The van der Waals surface area contributed by atoms with Crippen molar-refractivity contribution in [1.82, 2.24) is 14.8 Å². The Morgan fingerprint density at radius 1 is 1.24 bits per heavy atom. The number of fused-ring (bicyclic) bond motifs is 1. The summed E-state index contributed by atoms with van der Waals surface area (Å²) >= 11 is 2.85. The molecule has 1 aliphatic rings. The van der Waals surface area contributed by atoms with Crippen LogP contribution < -0.4 is 14.8 Å². The minimum absolute atomic E-state index is 0.162. The number of anilines is 1. The molecule has 1 unspecified atom stereocenters. The molecule has 178 valence electrons. The lowest BCUT2D eigenvalue weighted by Crippen LogP contribution is -2.15. The van der Waals surface area contributed by atoms with Crippen LogP contribution >= 0.6 is 23.1 Å². The Labute approximate surface area is 207 Å². The average Bonchev–Trinajstić information content (AvgIpc) is 3.27. The number of nitriles is 1. The lowest BCUT2D eigenvalue weighted by Gasteiger charge is -2.14. The van der Waals surface area contributed by atoms with Crippen LogP contribution in [0.15, 0.2) is 29.4 Å². The Kier molecular flexibility index (Phi) is 7.75. The molecule has 2 heterocycles.